The molecule has 1 aromatic carbocycles. The molecule has 0 spiro atoms. The van der Waals surface area contributed by atoms with E-state index in [2.05, 4.69) is 5.10 Å². The van der Waals surface area contributed by atoms with E-state index in [1.165, 1.54) is 15.6 Å². The van der Waals surface area contributed by atoms with E-state index in [9.17, 15) is 18.0 Å². The number of rotatable bonds is 2. The van der Waals surface area contributed by atoms with Gasteiger partial charge in [0.2, 0.25) is 0 Å². The van der Waals surface area contributed by atoms with Gasteiger partial charge in [-0.25, -0.2) is 0 Å². The summed E-state index contributed by atoms with van der Waals surface area (Å²) in [5.74, 6) is -0.0668. The number of carbonyl (C=O) groups excluding carboxylic acids is 1. The fourth-order valence-corrected chi connectivity index (χ4v) is 2.47. The van der Waals surface area contributed by atoms with Crippen molar-refractivity contribution in [1.29, 1.82) is 0 Å². The normalized spacial score (nSPS) is 15.7. The summed E-state index contributed by atoms with van der Waals surface area (Å²) in [4.78, 5) is 14.0. The highest BCUT2D eigenvalue weighted by atomic mass is 19.4. The number of ether oxygens (including phenoxy) is 1. The van der Waals surface area contributed by atoms with Crippen LogP contribution < -0.4 is 9.64 Å². The second-order valence-electron chi connectivity index (χ2n) is 5.18. The number of benzene rings is 1. The van der Waals surface area contributed by atoms with Crippen LogP contribution in [0.5, 0.6) is 5.75 Å². The van der Waals surface area contributed by atoms with Crippen LogP contribution in [-0.4, -0.2) is 28.8 Å². The van der Waals surface area contributed by atoms with Crippen LogP contribution in [0.15, 0.2) is 36.7 Å². The number of amides is 1. The Morgan fingerprint density at radius 1 is 1.39 bits per heavy atom. The van der Waals surface area contributed by atoms with Crippen molar-refractivity contribution in [2.75, 3.05) is 18.1 Å². The molecule has 0 aliphatic carbocycles. The Labute approximate surface area is 130 Å². The van der Waals surface area contributed by atoms with Gasteiger partial charge < -0.3 is 9.64 Å². The highest BCUT2D eigenvalue weighted by Gasteiger charge is 2.34. The molecule has 1 aliphatic heterocycles. The number of halogens is 3. The van der Waals surface area contributed by atoms with Crippen molar-refractivity contribution in [2.45, 2.75) is 19.1 Å². The van der Waals surface area contributed by atoms with Crippen molar-refractivity contribution in [2.24, 2.45) is 0 Å². The molecule has 0 fully saturated rings. The van der Waals surface area contributed by atoms with Crippen molar-refractivity contribution in [3.63, 3.8) is 0 Å². The first-order chi connectivity index (χ1) is 10.9. The second-order valence-corrected chi connectivity index (χ2v) is 5.18. The van der Waals surface area contributed by atoms with Gasteiger partial charge in [0.15, 0.2) is 0 Å². The molecule has 1 atom stereocenters. The van der Waals surface area contributed by atoms with E-state index in [-0.39, 0.29) is 30.5 Å². The maximum atomic E-state index is 12.9. The molecular formula is C15H14F3N3O2. The molecule has 1 aromatic heterocycles. The van der Waals surface area contributed by atoms with Crippen molar-refractivity contribution in [3.8, 4) is 5.75 Å². The van der Waals surface area contributed by atoms with Gasteiger partial charge in [-0.2, -0.15) is 18.3 Å². The number of fused-ring (bicyclic) bond motifs is 1. The van der Waals surface area contributed by atoms with Gasteiger partial charge in [-0.3, -0.25) is 9.48 Å². The highest BCUT2D eigenvalue weighted by molar-refractivity contribution is 5.97. The molecule has 0 unspecified atom stereocenters. The molecule has 2 aromatic rings. The summed E-state index contributed by atoms with van der Waals surface area (Å²) in [5, 5.41) is 4.00. The molecule has 0 saturated carbocycles. The van der Waals surface area contributed by atoms with Crippen LogP contribution in [0.4, 0.5) is 18.9 Å². The summed E-state index contributed by atoms with van der Waals surface area (Å²) < 4.78 is 45.6. The molecule has 0 saturated heterocycles. The quantitative estimate of drug-likeness (QED) is 0.853. The van der Waals surface area contributed by atoms with E-state index in [0.29, 0.717) is 0 Å². The summed E-state index contributed by atoms with van der Waals surface area (Å²) in [6, 6.07) is 4.20. The lowest BCUT2D eigenvalue weighted by atomic mass is 10.1. The standard InChI is InChI=1S/C15H14F3N3O2/c1-10(21-6-2-5-19-21)14(22)20-7-8-23-13-4-3-11(9-12(13)20)15(16,17)18/h2-6,9-10H,7-8H2,1H3/t10-/m1/s1. The van der Waals surface area contributed by atoms with Gasteiger partial charge in [-0.1, -0.05) is 0 Å². The maximum Gasteiger partial charge on any atom is 0.416 e. The third-order valence-electron chi connectivity index (χ3n) is 3.69. The van der Waals surface area contributed by atoms with Crippen molar-refractivity contribution in [1.82, 2.24) is 9.78 Å². The van der Waals surface area contributed by atoms with Crippen molar-refractivity contribution in [3.05, 3.63) is 42.2 Å². The second kappa shape index (κ2) is 5.60. The number of anilines is 1. The van der Waals surface area contributed by atoms with E-state index in [4.69, 9.17) is 4.74 Å². The summed E-state index contributed by atoms with van der Waals surface area (Å²) in [7, 11) is 0. The minimum Gasteiger partial charge on any atom is -0.490 e. The zero-order valence-electron chi connectivity index (χ0n) is 12.2. The molecule has 5 nitrogen and oxygen atoms in total. The topological polar surface area (TPSA) is 47.4 Å². The Morgan fingerprint density at radius 2 is 2.17 bits per heavy atom. The summed E-state index contributed by atoms with van der Waals surface area (Å²) in [6.45, 7) is 2.08. The number of aromatic nitrogens is 2. The zero-order valence-corrected chi connectivity index (χ0v) is 12.2. The minimum absolute atomic E-state index is 0.134. The Morgan fingerprint density at radius 3 is 2.83 bits per heavy atom. The zero-order chi connectivity index (χ0) is 16.6. The van der Waals surface area contributed by atoms with Crippen molar-refractivity contribution < 1.29 is 22.7 Å². The fourth-order valence-electron chi connectivity index (χ4n) is 2.47. The SMILES string of the molecule is C[C@H](C(=O)N1CCOc2ccc(C(F)(F)F)cc21)n1cccn1. The molecule has 2 heterocycles. The molecule has 3 rings (SSSR count). The van der Waals surface area contributed by atoms with Gasteiger partial charge in [0, 0.05) is 12.4 Å². The molecule has 122 valence electrons. The third-order valence-corrected chi connectivity index (χ3v) is 3.69. The molecule has 23 heavy (non-hydrogen) atoms. The largest absolute Gasteiger partial charge is 0.490 e. The lowest BCUT2D eigenvalue weighted by molar-refractivity contribution is -0.137. The number of alkyl halides is 3. The number of carbonyl (C=O) groups is 1. The van der Waals surface area contributed by atoms with Crippen LogP contribution in [0.1, 0.15) is 18.5 Å². The van der Waals surface area contributed by atoms with E-state index in [1.54, 1.807) is 25.4 Å². The highest BCUT2D eigenvalue weighted by Crippen LogP contribution is 2.38. The van der Waals surface area contributed by atoms with Crippen molar-refractivity contribution >= 4 is 11.6 Å². The molecule has 1 amide bonds. The van der Waals surface area contributed by atoms with Gasteiger partial charge >= 0.3 is 6.18 Å². The number of hydrogen-bond donors (Lipinski definition) is 0. The van der Waals surface area contributed by atoms with Crippen LogP contribution in [-0.2, 0) is 11.0 Å². The van der Waals surface area contributed by atoms with Crippen LogP contribution in [0.3, 0.4) is 0 Å². The van der Waals surface area contributed by atoms with E-state index in [0.717, 1.165) is 12.1 Å². The predicted octanol–water partition coefficient (Wildman–Crippen LogP) is 2.89. The third kappa shape index (κ3) is 2.88. The average Bonchev–Trinajstić information content (AvgIpc) is 3.06. The maximum absolute atomic E-state index is 12.9. The Hall–Kier alpha value is -2.51. The predicted molar refractivity (Wildman–Crippen MR) is 76.2 cm³/mol. The molecular weight excluding hydrogens is 311 g/mol. The molecule has 0 radical (unpaired) electrons. The Kier molecular flexibility index (Phi) is 3.75. The fraction of sp³-hybridized carbons (Fsp3) is 0.333. The summed E-state index contributed by atoms with van der Waals surface area (Å²) >= 11 is 0. The lowest BCUT2D eigenvalue weighted by Crippen LogP contribution is -2.41. The monoisotopic (exact) mass is 325 g/mol. The minimum atomic E-state index is -4.48. The van der Waals surface area contributed by atoms with Crippen LogP contribution in [0, 0.1) is 0 Å². The van der Waals surface area contributed by atoms with Crippen LogP contribution in [0.25, 0.3) is 0 Å². The van der Waals surface area contributed by atoms with E-state index >= 15 is 0 Å². The van der Waals surface area contributed by atoms with E-state index < -0.39 is 17.8 Å². The molecule has 0 N–H and O–H groups in total. The summed E-state index contributed by atoms with van der Waals surface area (Å²) in [6.07, 6.45) is -1.30. The molecule has 8 heteroatoms. The number of hydrogen-bond acceptors (Lipinski definition) is 3. The first kappa shape index (κ1) is 15.4. The first-order valence-electron chi connectivity index (χ1n) is 7.02. The molecule has 0 bridgehead atoms. The first-order valence-corrected chi connectivity index (χ1v) is 7.02. The molecule has 1 aliphatic rings. The van der Waals surface area contributed by atoms with Gasteiger partial charge in [0.05, 0.1) is 17.8 Å². The summed E-state index contributed by atoms with van der Waals surface area (Å²) in [5.41, 5.74) is -0.679. The Balaban J connectivity index is 1.95. The van der Waals surface area contributed by atoms with Gasteiger partial charge in [0.25, 0.3) is 5.91 Å². The lowest BCUT2D eigenvalue weighted by Gasteiger charge is -2.32. The van der Waals surface area contributed by atoms with Gasteiger partial charge in [-0.05, 0) is 31.2 Å². The van der Waals surface area contributed by atoms with Gasteiger partial charge in [-0.15, -0.1) is 0 Å². The van der Waals surface area contributed by atoms with Crippen LogP contribution >= 0.6 is 0 Å². The number of nitrogens with zero attached hydrogens (tertiary/aromatic N) is 3. The smallest absolute Gasteiger partial charge is 0.416 e. The average molecular weight is 325 g/mol. The van der Waals surface area contributed by atoms with E-state index in [1.807, 2.05) is 0 Å². The Bertz CT molecular complexity index is 713. The van der Waals surface area contributed by atoms with Gasteiger partial charge in [0.1, 0.15) is 18.4 Å². The van der Waals surface area contributed by atoms with Crippen LogP contribution in [0.2, 0.25) is 0 Å².